The molecule has 1 heteroatoms. The molecule has 0 saturated heterocycles. The van der Waals surface area contributed by atoms with Crippen molar-refractivity contribution in [2.24, 2.45) is 0 Å². The van der Waals surface area contributed by atoms with Crippen molar-refractivity contribution in [1.29, 1.82) is 0 Å². The Hall–Kier alpha value is -5.40. The van der Waals surface area contributed by atoms with E-state index < -0.39 is 5.41 Å². The van der Waals surface area contributed by atoms with E-state index in [-0.39, 0.29) is 0 Å². The van der Waals surface area contributed by atoms with Crippen LogP contribution >= 0.6 is 0 Å². The van der Waals surface area contributed by atoms with E-state index >= 15 is 0 Å². The largest absolute Gasteiger partial charge is 0.457 e. The Kier molecular flexibility index (Phi) is 4.18. The summed E-state index contributed by atoms with van der Waals surface area (Å²) in [4.78, 5) is 0. The maximum atomic E-state index is 6.58. The predicted octanol–water partition coefficient (Wildman–Crippen LogP) is 10.6. The third kappa shape index (κ3) is 2.60. The monoisotopic (exact) mass is 532 g/mol. The number of rotatable bonds is 1. The second-order valence-corrected chi connectivity index (χ2v) is 11.6. The molecule has 7 aromatic carbocycles. The third-order valence-corrected chi connectivity index (χ3v) is 9.66. The zero-order valence-electron chi connectivity index (χ0n) is 22.8. The molecule has 0 radical (unpaired) electrons. The van der Waals surface area contributed by atoms with Gasteiger partial charge in [-0.1, -0.05) is 115 Å². The fraction of sp³-hybridized carbons (Fsp3) is 0.0244. The fourth-order valence-electron chi connectivity index (χ4n) is 8.07. The van der Waals surface area contributed by atoms with Gasteiger partial charge in [0.1, 0.15) is 11.5 Å². The topological polar surface area (TPSA) is 9.23 Å². The normalized spacial score (nSPS) is 14.1. The first-order valence-electron chi connectivity index (χ1n) is 14.6. The minimum atomic E-state index is -0.484. The predicted molar refractivity (Wildman–Crippen MR) is 171 cm³/mol. The summed E-state index contributed by atoms with van der Waals surface area (Å²) in [5, 5.41) is 2.68. The maximum Gasteiger partial charge on any atom is 0.132 e. The molecule has 1 heterocycles. The zero-order valence-corrected chi connectivity index (χ0v) is 22.8. The molecule has 0 saturated carbocycles. The highest BCUT2D eigenvalue weighted by Gasteiger charge is 2.52. The fourth-order valence-corrected chi connectivity index (χ4v) is 8.07. The van der Waals surface area contributed by atoms with E-state index in [1.807, 2.05) is 0 Å². The molecule has 10 rings (SSSR count). The molecular weight excluding hydrogens is 508 g/mol. The van der Waals surface area contributed by atoms with Crippen LogP contribution in [-0.2, 0) is 5.41 Å². The number of fused-ring (bicyclic) bond motifs is 13. The van der Waals surface area contributed by atoms with Crippen LogP contribution in [-0.4, -0.2) is 0 Å². The summed E-state index contributed by atoms with van der Waals surface area (Å²) in [5.41, 5.74) is 15.0. The molecule has 3 aliphatic rings. The van der Waals surface area contributed by atoms with E-state index in [0.717, 1.165) is 11.5 Å². The minimum absolute atomic E-state index is 0.484. The van der Waals surface area contributed by atoms with Crippen molar-refractivity contribution in [3.8, 4) is 56.0 Å². The Morgan fingerprint density at radius 3 is 1.62 bits per heavy atom. The van der Waals surface area contributed by atoms with Crippen molar-refractivity contribution >= 4 is 10.8 Å². The van der Waals surface area contributed by atoms with Crippen molar-refractivity contribution in [3.63, 3.8) is 0 Å². The highest BCUT2D eigenvalue weighted by Crippen LogP contribution is 2.65. The Labute approximate surface area is 244 Å². The molecule has 194 valence electrons. The molecule has 0 amide bonds. The average molecular weight is 533 g/mol. The molecular formula is C41H24O. The molecule has 0 bridgehead atoms. The Morgan fingerprint density at radius 2 is 0.929 bits per heavy atom. The lowest BCUT2D eigenvalue weighted by Gasteiger charge is -2.39. The molecule has 0 N–H and O–H groups in total. The summed E-state index contributed by atoms with van der Waals surface area (Å²) in [6.45, 7) is 0. The first-order chi connectivity index (χ1) is 20.8. The Balaban J connectivity index is 1.44. The summed E-state index contributed by atoms with van der Waals surface area (Å²) in [7, 11) is 0. The van der Waals surface area contributed by atoms with Gasteiger partial charge in [0.25, 0.3) is 0 Å². The highest BCUT2D eigenvalue weighted by atomic mass is 16.5. The smallest absolute Gasteiger partial charge is 0.132 e. The van der Waals surface area contributed by atoms with Gasteiger partial charge in [0.2, 0.25) is 0 Å². The van der Waals surface area contributed by atoms with Crippen molar-refractivity contribution in [2.45, 2.75) is 5.41 Å². The highest BCUT2D eigenvalue weighted by molar-refractivity contribution is 6.22. The molecule has 0 atom stereocenters. The van der Waals surface area contributed by atoms with E-state index in [1.54, 1.807) is 0 Å². The molecule has 0 aromatic heterocycles. The molecule has 2 aliphatic carbocycles. The minimum Gasteiger partial charge on any atom is -0.457 e. The lowest BCUT2D eigenvalue weighted by atomic mass is 9.65. The lowest BCUT2D eigenvalue weighted by Crippen LogP contribution is -2.32. The van der Waals surface area contributed by atoms with Crippen molar-refractivity contribution in [3.05, 3.63) is 168 Å². The van der Waals surface area contributed by atoms with Gasteiger partial charge in [-0.3, -0.25) is 0 Å². The van der Waals surface area contributed by atoms with Crippen molar-refractivity contribution in [1.82, 2.24) is 0 Å². The van der Waals surface area contributed by atoms with Crippen LogP contribution in [0.3, 0.4) is 0 Å². The quantitative estimate of drug-likeness (QED) is 0.204. The maximum absolute atomic E-state index is 6.58. The number of hydrogen-bond donors (Lipinski definition) is 0. The SMILES string of the molecule is c1ccc(-c2cc3c4c(cc5c(c4c2)-c2ccccc2C52c4ccccc4Oc4ccccc42)-c2ccccc2-3)cc1. The lowest BCUT2D eigenvalue weighted by molar-refractivity contribution is 0.436. The van der Waals surface area contributed by atoms with Crippen molar-refractivity contribution < 1.29 is 4.74 Å². The van der Waals surface area contributed by atoms with E-state index in [1.165, 1.54) is 77.5 Å². The van der Waals surface area contributed by atoms with Gasteiger partial charge >= 0.3 is 0 Å². The molecule has 0 unspecified atom stereocenters. The van der Waals surface area contributed by atoms with Gasteiger partial charge in [0.05, 0.1) is 5.41 Å². The van der Waals surface area contributed by atoms with Crippen LogP contribution in [0.15, 0.2) is 146 Å². The Bertz CT molecular complexity index is 2230. The summed E-state index contributed by atoms with van der Waals surface area (Å²) in [6.07, 6.45) is 0. The summed E-state index contributed by atoms with van der Waals surface area (Å²) in [6, 6.07) is 53.3. The Morgan fingerprint density at radius 1 is 0.381 bits per heavy atom. The van der Waals surface area contributed by atoms with Crippen LogP contribution in [0.25, 0.3) is 55.3 Å². The first-order valence-corrected chi connectivity index (χ1v) is 14.6. The van der Waals surface area contributed by atoms with E-state index in [9.17, 15) is 0 Å². The average Bonchev–Trinajstić information content (AvgIpc) is 3.53. The number of ether oxygens (including phenoxy) is 1. The third-order valence-electron chi connectivity index (χ3n) is 9.66. The standard InChI is InChI=1S/C41H24O/c1-2-12-25(13-3-1)26-22-30-27-14-4-5-15-28(27)31-24-36-40(32(23-26)39(30)31)29-16-6-7-17-33(29)41(36)34-18-8-10-20-37(34)42-38-21-11-9-19-35(38)41/h1-24H. The van der Waals surface area contributed by atoms with Crippen LogP contribution in [0.2, 0.25) is 0 Å². The number of para-hydroxylation sites is 2. The van der Waals surface area contributed by atoms with Crippen LogP contribution in [0.1, 0.15) is 22.3 Å². The molecule has 1 nitrogen and oxygen atoms in total. The van der Waals surface area contributed by atoms with Gasteiger partial charge in [-0.15, -0.1) is 0 Å². The van der Waals surface area contributed by atoms with Gasteiger partial charge < -0.3 is 4.74 Å². The summed E-state index contributed by atoms with van der Waals surface area (Å²) in [5.74, 6) is 1.85. The van der Waals surface area contributed by atoms with Crippen LogP contribution < -0.4 is 4.74 Å². The van der Waals surface area contributed by atoms with Gasteiger partial charge in [-0.05, 0) is 96.7 Å². The molecule has 1 spiro atoms. The second kappa shape index (κ2) is 7.87. The van der Waals surface area contributed by atoms with Crippen LogP contribution in [0.5, 0.6) is 11.5 Å². The zero-order chi connectivity index (χ0) is 27.4. The summed E-state index contributed by atoms with van der Waals surface area (Å²) < 4.78 is 6.58. The van der Waals surface area contributed by atoms with Crippen LogP contribution in [0, 0.1) is 0 Å². The van der Waals surface area contributed by atoms with Crippen LogP contribution in [0.4, 0.5) is 0 Å². The van der Waals surface area contributed by atoms with Gasteiger partial charge in [0.15, 0.2) is 0 Å². The molecule has 42 heavy (non-hydrogen) atoms. The first kappa shape index (κ1) is 22.3. The van der Waals surface area contributed by atoms with Gasteiger partial charge in [0, 0.05) is 11.1 Å². The number of hydrogen-bond acceptors (Lipinski definition) is 1. The van der Waals surface area contributed by atoms with Gasteiger partial charge in [-0.25, -0.2) is 0 Å². The van der Waals surface area contributed by atoms with E-state index in [2.05, 4.69) is 146 Å². The van der Waals surface area contributed by atoms with E-state index in [0.29, 0.717) is 0 Å². The second-order valence-electron chi connectivity index (χ2n) is 11.6. The number of benzene rings is 7. The molecule has 0 fully saturated rings. The molecule has 7 aromatic rings. The summed E-state index contributed by atoms with van der Waals surface area (Å²) >= 11 is 0. The van der Waals surface area contributed by atoms with E-state index in [4.69, 9.17) is 4.74 Å². The molecule has 1 aliphatic heterocycles. The van der Waals surface area contributed by atoms with Gasteiger partial charge in [-0.2, -0.15) is 0 Å². The van der Waals surface area contributed by atoms with Crippen molar-refractivity contribution in [2.75, 3.05) is 0 Å².